The summed E-state index contributed by atoms with van der Waals surface area (Å²) in [5.41, 5.74) is 2.51. The van der Waals surface area contributed by atoms with Crippen molar-refractivity contribution in [1.82, 2.24) is 9.73 Å². The highest BCUT2D eigenvalue weighted by molar-refractivity contribution is 14.1. The predicted octanol–water partition coefficient (Wildman–Crippen LogP) is -2.50. The van der Waals surface area contributed by atoms with E-state index in [4.69, 9.17) is 4.55 Å². The van der Waals surface area contributed by atoms with Crippen molar-refractivity contribution in [3.63, 3.8) is 0 Å². The van der Waals surface area contributed by atoms with Gasteiger partial charge in [-0.2, -0.15) is 13.8 Å². The van der Waals surface area contributed by atoms with Crippen molar-refractivity contribution in [1.29, 1.82) is 0 Å². The molecule has 96 valence electrons. The van der Waals surface area contributed by atoms with Crippen LogP contribution in [0.25, 0.3) is 0 Å². The van der Waals surface area contributed by atoms with E-state index in [9.17, 15) is 18.7 Å². The molecule has 10 heteroatoms. The summed E-state index contributed by atoms with van der Waals surface area (Å²) in [4.78, 5) is 0. The number of aliphatic hydroxyl groups is 1. The van der Waals surface area contributed by atoms with Gasteiger partial charge in [0.15, 0.2) is 0 Å². The SMILES string of the molecule is CC[NH+]([O-])N[C@@H]1C(O)N(S(=O)(=O)O)[C@H]1CI. The second kappa shape index (κ2) is 5.39. The number of nitrogens with zero attached hydrogens (tertiary/aromatic N) is 1. The van der Waals surface area contributed by atoms with Crippen LogP contribution in [0.5, 0.6) is 0 Å². The molecule has 0 aromatic carbocycles. The van der Waals surface area contributed by atoms with Gasteiger partial charge in [0.05, 0.1) is 12.6 Å². The lowest BCUT2D eigenvalue weighted by molar-refractivity contribution is -0.900. The van der Waals surface area contributed by atoms with Gasteiger partial charge in [0.2, 0.25) is 0 Å². The number of rotatable bonds is 5. The molecular weight excluding hydrogens is 353 g/mol. The molecule has 4 atom stereocenters. The first-order chi connectivity index (χ1) is 7.32. The number of halogens is 1. The number of aliphatic hydroxyl groups excluding tert-OH is 1. The Bertz CT molecular complexity index is 339. The molecular formula is C6H14IN3O5S. The molecule has 0 radical (unpaired) electrons. The van der Waals surface area contributed by atoms with E-state index in [1.807, 2.05) is 22.6 Å². The molecule has 1 heterocycles. The van der Waals surface area contributed by atoms with Crippen molar-refractivity contribution in [2.45, 2.75) is 25.2 Å². The minimum Gasteiger partial charge on any atom is -0.613 e. The fourth-order valence-corrected chi connectivity index (χ4v) is 3.73. The molecule has 0 bridgehead atoms. The molecule has 1 rings (SSSR count). The average Bonchev–Trinajstić information content (AvgIpc) is 2.19. The van der Waals surface area contributed by atoms with Crippen LogP contribution >= 0.6 is 22.6 Å². The van der Waals surface area contributed by atoms with E-state index >= 15 is 0 Å². The number of quaternary nitrogens is 1. The van der Waals surface area contributed by atoms with Crippen LogP contribution in [0.2, 0.25) is 0 Å². The second-order valence-electron chi connectivity index (χ2n) is 3.39. The number of hydrogen-bond acceptors (Lipinski definition) is 5. The summed E-state index contributed by atoms with van der Waals surface area (Å²) in [6.45, 7) is 1.91. The third-order valence-electron chi connectivity index (χ3n) is 2.40. The third-order valence-corrected chi connectivity index (χ3v) is 4.32. The van der Waals surface area contributed by atoms with Gasteiger partial charge in [0.1, 0.15) is 12.3 Å². The highest BCUT2D eigenvalue weighted by atomic mass is 127. The molecule has 4 N–H and O–H groups in total. The highest BCUT2D eigenvalue weighted by Gasteiger charge is 2.54. The van der Waals surface area contributed by atoms with Crippen LogP contribution in [0.1, 0.15) is 6.92 Å². The van der Waals surface area contributed by atoms with E-state index in [1.165, 1.54) is 0 Å². The van der Waals surface area contributed by atoms with Crippen LogP contribution < -0.4 is 10.6 Å². The molecule has 0 saturated carbocycles. The zero-order valence-electron chi connectivity index (χ0n) is 8.50. The van der Waals surface area contributed by atoms with Crippen molar-refractivity contribution < 1.29 is 23.2 Å². The topological polar surface area (TPSA) is 117 Å². The zero-order chi connectivity index (χ0) is 12.5. The molecule has 16 heavy (non-hydrogen) atoms. The van der Waals surface area contributed by atoms with Crippen LogP contribution in [0, 0.1) is 5.21 Å². The van der Waals surface area contributed by atoms with Gasteiger partial charge in [-0.05, 0) is 6.92 Å². The lowest BCUT2D eigenvalue weighted by Gasteiger charge is -2.49. The van der Waals surface area contributed by atoms with Crippen LogP contribution in [0.15, 0.2) is 0 Å². The Morgan fingerprint density at radius 1 is 1.62 bits per heavy atom. The molecule has 0 aromatic rings. The Morgan fingerprint density at radius 2 is 2.19 bits per heavy atom. The molecule has 1 fully saturated rings. The van der Waals surface area contributed by atoms with Crippen LogP contribution in [0.4, 0.5) is 0 Å². The van der Waals surface area contributed by atoms with Gasteiger partial charge in [-0.3, -0.25) is 9.72 Å². The maximum Gasteiger partial charge on any atom is 0.338 e. The minimum atomic E-state index is -4.42. The summed E-state index contributed by atoms with van der Waals surface area (Å²) in [6, 6.07) is -1.27. The van der Waals surface area contributed by atoms with Gasteiger partial charge in [-0.15, -0.1) is 4.31 Å². The highest BCUT2D eigenvalue weighted by Crippen LogP contribution is 2.28. The number of hydroxylamine groups is 1. The molecule has 1 aliphatic rings. The Morgan fingerprint density at radius 3 is 2.56 bits per heavy atom. The van der Waals surface area contributed by atoms with E-state index in [0.29, 0.717) is 8.73 Å². The third kappa shape index (κ3) is 2.81. The van der Waals surface area contributed by atoms with Gasteiger partial charge in [-0.25, -0.2) is 0 Å². The van der Waals surface area contributed by atoms with E-state index in [2.05, 4.69) is 5.43 Å². The molecule has 1 aliphatic heterocycles. The smallest absolute Gasteiger partial charge is 0.338 e. The Hall–Kier alpha value is 0.440. The molecule has 0 aliphatic carbocycles. The van der Waals surface area contributed by atoms with E-state index in [0.717, 1.165) is 0 Å². The zero-order valence-corrected chi connectivity index (χ0v) is 11.5. The predicted molar refractivity (Wildman–Crippen MR) is 63.9 cm³/mol. The van der Waals surface area contributed by atoms with Crippen LogP contribution in [0.3, 0.4) is 0 Å². The summed E-state index contributed by atoms with van der Waals surface area (Å²) >= 11 is 1.92. The van der Waals surface area contributed by atoms with Crippen molar-refractivity contribution >= 4 is 32.9 Å². The largest absolute Gasteiger partial charge is 0.613 e. The quantitative estimate of drug-likeness (QED) is 0.185. The second-order valence-corrected chi connectivity index (χ2v) is 5.59. The summed E-state index contributed by atoms with van der Waals surface area (Å²) in [5.74, 6) is 0. The molecule has 0 aromatic heterocycles. The first-order valence-electron chi connectivity index (χ1n) is 4.62. The Balaban J connectivity index is 2.71. The normalized spacial score (nSPS) is 33.4. The van der Waals surface area contributed by atoms with Crippen molar-refractivity contribution in [2.24, 2.45) is 0 Å². The molecule has 8 nitrogen and oxygen atoms in total. The number of nitrogens with one attached hydrogen (secondary N) is 2. The van der Waals surface area contributed by atoms with Gasteiger partial charge in [0, 0.05) is 4.43 Å². The first kappa shape index (κ1) is 14.5. The van der Waals surface area contributed by atoms with Gasteiger partial charge in [0.25, 0.3) is 0 Å². The Labute approximate surface area is 107 Å². The lowest BCUT2D eigenvalue weighted by Crippen LogP contribution is -3.16. The van der Waals surface area contributed by atoms with Crippen LogP contribution in [-0.4, -0.2) is 51.7 Å². The monoisotopic (exact) mass is 367 g/mol. The van der Waals surface area contributed by atoms with E-state index in [-0.39, 0.29) is 11.7 Å². The van der Waals surface area contributed by atoms with Crippen molar-refractivity contribution in [3.05, 3.63) is 5.21 Å². The molecule has 0 spiro atoms. The van der Waals surface area contributed by atoms with Crippen molar-refractivity contribution in [2.75, 3.05) is 11.0 Å². The van der Waals surface area contributed by atoms with Crippen LogP contribution in [-0.2, 0) is 10.3 Å². The first-order valence-corrected chi connectivity index (χ1v) is 7.54. The number of alkyl halides is 1. The average molecular weight is 367 g/mol. The minimum absolute atomic E-state index is 0.253. The fourth-order valence-electron chi connectivity index (χ4n) is 1.54. The molecule has 1 saturated heterocycles. The van der Waals surface area contributed by atoms with E-state index in [1.54, 1.807) is 6.92 Å². The van der Waals surface area contributed by atoms with Gasteiger partial charge >= 0.3 is 10.3 Å². The lowest BCUT2D eigenvalue weighted by atomic mass is 10.0. The molecule has 0 amide bonds. The summed E-state index contributed by atoms with van der Waals surface area (Å²) in [5, 5.41) is 20.4. The maximum atomic E-state index is 11.1. The van der Waals surface area contributed by atoms with Crippen molar-refractivity contribution in [3.8, 4) is 0 Å². The molecule has 2 unspecified atom stereocenters. The summed E-state index contributed by atoms with van der Waals surface area (Å²) < 4.78 is 31.6. The number of hydrogen-bond donors (Lipinski definition) is 4. The Kier molecular flexibility index (Phi) is 4.88. The van der Waals surface area contributed by atoms with Gasteiger partial charge < -0.3 is 10.3 Å². The van der Waals surface area contributed by atoms with E-state index < -0.39 is 28.6 Å². The summed E-state index contributed by atoms with van der Waals surface area (Å²) in [7, 11) is -4.42. The van der Waals surface area contributed by atoms with Gasteiger partial charge in [-0.1, -0.05) is 22.6 Å². The maximum absolute atomic E-state index is 11.1. The fraction of sp³-hybridized carbons (Fsp3) is 1.00. The standard InChI is InChI=1S/C6H14IN3O5S/c1-2-9(12)8-5-4(3-7)10(6(5)11)16(13,14)15/h4-6,8-9,11H,2-3H2,1H3,(H,13,14,15)/t4-,5-,6?/m0/s1. The summed E-state index contributed by atoms with van der Waals surface area (Å²) in [6.07, 6.45) is -1.40.